The number of hydrogen-bond donors (Lipinski definition) is 1. The number of aliphatic hydroxyl groups is 1. The van der Waals surface area contributed by atoms with Crippen LogP contribution in [0.5, 0.6) is 0 Å². The number of aryl methyl sites for hydroxylation is 2. The Bertz CT molecular complexity index is 563. The van der Waals surface area contributed by atoms with E-state index in [4.69, 9.17) is 16.0 Å². The number of rotatable bonds is 3. The Morgan fingerprint density at radius 3 is 2.61 bits per heavy atom. The van der Waals surface area contributed by atoms with Gasteiger partial charge >= 0.3 is 0 Å². The quantitative estimate of drug-likeness (QED) is 0.914. The van der Waals surface area contributed by atoms with Gasteiger partial charge in [0.05, 0.1) is 6.10 Å². The SMILES string of the molecule is Cc1cc(C(O)Cc2ccc(F)cc2Cl)c(C)o1. The third-order valence-electron chi connectivity index (χ3n) is 2.87. The summed E-state index contributed by atoms with van der Waals surface area (Å²) in [5.41, 5.74) is 1.46. The zero-order valence-electron chi connectivity index (χ0n) is 10.2. The van der Waals surface area contributed by atoms with Gasteiger partial charge in [0, 0.05) is 17.0 Å². The lowest BCUT2D eigenvalue weighted by atomic mass is 10.0. The van der Waals surface area contributed by atoms with Crippen molar-refractivity contribution >= 4 is 11.6 Å². The minimum Gasteiger partial charge on any atom is -0.466 e. The Morgan fingerprint density at radius 1 is 1.33 bits per heavy atom. The minimum atomic E-state index is -0.703. The third-order valence-corrected chi connectivity index (χ3v) is 3.22. The van der Waals surface area contributed by atoms with Crippen LogP contribution in [-0.2, 0) is 6.42 Å². The Morgan fingerprint density at radius 2 is 2.06 bits per heavy atom. The van der Waals surface area contributed by atoms with Crippen molar-refractivity contribution in [2.45, 2.75) is 26.4 Å². The summed E-state index contributed by atoms with van der Waals surface area (Å²) in [5.74, 6) is 1.07. The second-order valence-corrected chi connectivity index (χ2v) is 4.73. The van der Waals surface area contributed by atoms with Crippen LogP contribution in [0, 0.1) is 19.7 Å². The molecule has 0 bridgehead atoms. The number of aliphatic hydroxyl groups excluding tert-OH is 1. The molecule has 0 aliphatic rings. The maximum absolute atomic E-state index is 12.9. The summed E-state index contributed by atoms with van der Waals surface area (Å²) in [7, 11) is 0. The Kier molecular flexibility index (Phi) is 3.73. The highest BCUT2D eigenvalue weighted by molar-refractivity contribution is 6.31. The second kappa shape index (κ2) is 5.12. The van der Waals surface area contributed by atoms with E-state index in [1.165, 1.54) is 12.1 Å². The van der Waals surface area contributed by atoms with Gasteiger partial charge in [0.25, 0.3) is 0 Å². The van der Waals surface area contributed by atoms with Gasteiger partial charge in [0.1, 0.15) is 17.3 Å². The van der Waals surface area contributed by atoms with Crippen LogP contribution in [0.2, 0.25) is 5.02 Å². The number of furan rings is 1. The van der Waals surface area contributed by atoms with E-state index in [0.29, 0.717) is 22.8 Å². The Hall–Kier alpha value is -1.32. The van der Waals surface area contributed by atoms with E-state index in [1.807, 2.05) is 6.92 Å². The van der Waals surface area contributed by atoms with Crippen molar-refractivity contribution in [1.29, 1.82) is 0 Å². The molecular formula is C14H14ClFO2. The predicted octanol–water partition coefficient (Wildman–Crippen LogP) is 3.97. The summed E-state index contributed by atoms with van der Waals surface area (Å²) in [4.78, 5) is 0. The van der Waals surface area contributed by atoms with E-state index in [-0.39, 0.29) is 5.82 Å². The lowest BCUT2D eigenvalue weighted by molar-refractivity contribution is 0.176. The number of hydrogen-bond acceptors (Lipinski definition) is 2. The first-order valence-corrected chi connectivity index (χ1v) is 6.04. The summed E-state index contributed by atoms with van der Waals surface area (Å²) >= 11 is 5.93. The molecule has 1 unspecified atom stereocenters. The van der Waals surface area contributed by atoms with Crippen LogP contribution in [0.4, 0.5) is 4.39 Å². The van der Waals surface area contributed by atoms with Crippen LogP contribution in [0.3, 0.4) is 0 Å². The molecule has 0 fully saturated rings. The zero-order chi connectivity index (χ0) is 13.3. The molecule has 0 aliphatic heterocycles. The van der Waals surface area contributed by atoms with Gasteiger partial charge in [-0.25, -0.2) is 4.39 Å². The molecule has 0 amide bonds. The molecule has 0 saturated carbocycles. The van der Waals surface area contributed by atoms with Crippen LogP contribution >= 0.6 is 11.6 Å². The van der Waals surface area contributed by atoms with Crippen LogP contribution in [0.15, 0.2) is 28.7 Å². The molecule has 2 rings (SSSR count). The average molecular weight is 269 g/mol. The highest BCUT2D eigenvalue weighted by Gasteiger charge is 2.16. The maximum atomic E-state index is 12.9. The normalized spacial score (nSPS) is 12.7. The van der Waals surface area contributed by atoms with Gasteiger partial charge in [-0.15, -0.1) is 0 Å². The molecule has 0 spiro atoms. The zero-order valence-corrected chi connectivity index (χ0v) is 11.0. The predicted molar refractivity (Wildman–Crippen MR) is 68.3 cm³/mol. The van der Waals surface area contributed by atoms with Crippen LogP contribution in [0.25, 0.3) is 0 Å². The molecule has 18 heavy (non-hydrogen) atoms. The molecule has 0 saturated heterocycles. The molecule has 0 radical (unpaired) electrons. The lowest BCUT2D eigenvalue weighted by Gasteiger charge is -2.11. The summed E-state index contributed by atoms with van der Waals surface area (Å²) in [6.07, 6.45) is -0.371. The van der Waals surface area contributed by atoms with Crippen LogP contribution < -0.4 is 0 Å². The first-order chi connectivity index (χ1) is 8.47. The van der Waals surface area contributed by atoms with Gasteiger partial charge in [-0.2, -0.15) is 0 Å². The first kappa shape index (κ1) is 13.1. The van der Waals surface area contributed by atoms with Gasteiger partial charge in [0.15, 0.2) is 0 Å². The Labute approximate surface area is 110 Å². The van der Waals surface area contributed by atoms with E-state index in [9.17, 15) is 9.50 Å². The monoisotopic (exact) mass is 268 g/mol. The van der Waals surface area contributed by atoms with Crippen molar-refractivity contribution in [3.8, 4) is 0 Å². The maximum Gasteiger partial charge on any atom is 0.124 e. The van der Waals surface area contributed by atoms with E-state index >= 15 is 0 Å². The fourth-order valence-electron chi connectivity index (χ4n) is 1.99. The molecule has 0 aliphatic carbocycles. The average Bonchev–Trinajstić information content (AvgIpc) is 2.62. The Balaban J connectivity index is 2.21. The summed E-state index contributed by atoms with van der Waals surface area (Å²) in [6.45, 7) is 3.63. The lowest BCUT2D eigenvalue weighted by Crippen LogP contribution is -2.02. The van der Waals surface area contributed by atoms with E-state index in [0.717, 1.165) is 11.3 Å². The fraction of sp³-hybridized carbons (Fsp3) is 0.286. The number of halogens is 2. The molecule has 1 aromatic heterocycles. The molecule has 2 nitrogen and oxygen atoms in total. The van der Waals surface area contributed by atoms with Gasteiger partial charge < -0.3 is 9.52 Å². The third kappa shape index (κ3) is 2.74. The van der Waals surface area contributed by atoms with Crippen molar-refractivity contribution in [3.63, 3.8) is 0 Å². The molecule has 4 heteroatoms. The number of benzene rings is 1. The molecular weight excluding hydrogens is 255 g/mol. The molecule has 1 heterocycles. The topological polar surface area (TPSA) is 33.4 Å². The molecule has 1 N–H and O–H groups in total. The van der Waals surface area contributed by atoms with Gasteiger partial charge in [0.2, 0.25) is 0 Å². The molecule has 2 aromatic rings. The van der Waals surface area contributed by atoms with E-state index < -0.39 is 6.10 Å². The van der Waals surface area contributed by atoms with Crippen molar-refractivity contribution in [3.05, 3.63) is 57.8 Å². The fourth-order valence-corrected chi connectivity index (χ4v) is 2.23. The standard InChI is InChI=1S/C14H14ClFO2/c1-8-5-12(9(2)18-8)14(17)6-10-3-4-11(16)7-13(10)15/h3-5,7,14,17H,6H2,1-2H3. The molecule has 1 aromatic carbocycles. The highest BCUT2D eigenvalue weighted by Crippen LogP contribution is 2.27. The van der Waals surface area contributed by atoms with Gasteiger partial charge in [-0.1, -0.05) is 17.7 Å². The minimum absolute atomic E-state index is 0.326. The van der Waals surface area contributed by atoms with Gasteiger partial charge in [-0.3, -0.25) is 0 Å². The summed E-state index contributed by atoms with van der Waals surface area (Å²) < 4.78 is 18.3. The van der Waals surface area contributed by atoms with Crippen molar-refractivity contribution in [1.82, 2.24) is 0 Å². The summed E-state index contributed by atoms with van der Waals surface area (Å²) in [6, 6.07) is 5.97. The highest BCUT2D eigenvalue weighted by atomic mass is 35.5. The largest absolute Gasteiger partial charge is 0.466 e. The summed E-state index contributed by atoms with van der Waals surface area (Å²) in [5, 5.41) is 10.5. The van der Waals surface area contributed by atoms with Gasteiger partial charge in [-0.05, 0) is 37.6 Å². The first-order valence-electron chi connectivity index (χ1n) is 5.66. The molecule has 1 atom stereocenters. The van der Waals surface area contributed by atoms with Crippen LogP contribution in [0.1, 0.15) is 28.8 Å². The van der Waals surface area contributed by atoms with Crippen molar-refractivity contribution in [2.24, 2.45) is 0 Å². The van der Waals surface area contributed by atoms with Crippen molar-refractivity contribution < 1.29 is 13.9 Å². The smallest absolute Gasteiger partial charge is 0.124 e. The van der Waals surface area contributed by atoms with E-state index in [2.05, 4.69) is 0 Å². The van der Waals surface area contributed by atoms with Crippen molar-refractivity contribution in [2.75, 3.05) is 0 Å². The van der Waals surface area contributed by atoms with E-state index in [1.54, 1.807) is 19.1 Å². The second-order valence-electron chi connectivity index (χ2n) is 4.32. The van der Waals surface area contributed by atoms with Crippen LogP contribution in [-0.4, -0.2) is 5.11 Å². The molecule has 96 valence electrons.